The number of hydrogen-bond donors (Lipinski definition) is 2. The predicted octanol–water partition coefficient (Wildman–Crippen LogP) is 0.541. The number of hydrogen-bond acceptors (Lipinski definition) is 4. The summed E-state index contributed by atoms with van der Waals surface area (Å²) in [6, 6.07) is 0. The molecule has 1 aromatic heterocycles. The van der Waals surface area contributed by atoms with Crippen molar-refractivity contribution in [1.82, 2.24) is 20.0 Å². The number of aromatic amines is 1. The van der Waals surface area contributed by atoms with Crippen LogP contribution in [0.5, 0.6) is 0 Å². The maximum absolute atomic E-state index is 12.4. The predicted molar refractivity (Wildman–Crippen MR) is 81.7 cm³/mol. The van der Waals surface area contributed by atoms with E-state index in [0.717, 1.165) is 18.8 Å². The molecule has 3 N–H and O–H groups in total. The summed E-state index contributed by atoms with van der Waals surface area (Å²) in [5, 5.41) is 6.69. The quantitative estimate of drug-likeness (QED) is 0.796. The molecule has 1 saturated heterocycles. The zero-order valence-electron chi connectivity index (χ0n) is 12.1. The Morgan fingerprint density at radius 2 is 2.00 bits per heavy atom. The molecule has 0 atom stereocenters. The van der Waals surface area contributed by atoms with Crippen LogP contribution in [0.4, 0.5) is 0 Å². The molecule has 1 aliphatic heterocycles. The van der Waals surface area contributed by atoms with Crippen molar-refractivity contribution in [3.63, 3.8) is 0 Å². The molecule has 6 nitrogen and oxygen atoms in total. The highest BCUT2D eigenvalue weighted by Crippen LogP contribution is 2.18. The van der Waals surface area contributed by atoms with Crippen LogP contribution >= 0.6 is 12.2 Å². The number of nitrogens with two attached hydrogens (primary N) is 1. The molecule has 1 amide bonds. The van der Waals surface area contributed by atoms with Crippen LogP contribution in [0.3, 0.4) is 0 Å². The van der Waals surface area contributed by atoms with Gasteiger partial charge in [0.1, 0.15) is 0 Å². The van der Waals surface area contributed by atoms with E-state index in [1.165, 1.54) is 0 Å². The molecule has 1 aromatic rings. The minimum Gasteiger partial charge on any atom is -0.392 e. The van der Waals surface area contributed by atoms with E-state index in [1.807, 2.05) is 25.7 Å². The highest BCUT2D eigenvalue weighted by Gasteiger charge is 2.33. The van der Waals surface area contributed by atoms with Crippen molar-refractivity contribution >= 4 is 23.1 Å². The fraction of sp³-hybridized carbons (Fsp3) is 0.615. The number of aromatic nitrogens is 2. The van der Waals surface area contributed by atoms with Gasteiger partial charge in [-0.2, -0.15) is 5.10 Å². The zero-order chi connectivity index (χ0) is 14.9. The number of aryl methyl sites for hydroxylation is 1. The van der Waals surface area contributed by atoms with Gasteiger partial charge in [0, 0.05) is 31.9 Å². The summed E-state index contributed by atoms with van der Waals surface area (Å²) >= 11 is 5.12. The molecule has 0 unspecified atom stereocenters. The topological polar surface area (TPSA) is 78.2 Å². The van der Waals surface area contributed by atoms with E-state index in [2.05, 4.69) is 15.1 Å². The van der Waals surface area contributed by atoms with E-state index < -0.39 is 0 Å². The molecule has 7 heteroatoms. The highest BCUT2D eigenvalue weighted by atomic mass is 32.1. The Hall–Kier alpha value is -1.47. The molecule has 2 rings (SSSR count). The van der Waals surface area contributed by atoms with Crippen LogP contribution < -0.4 is 5.73 Å². The molecule has 1 fully saturated rings. The Balaban J connectivity index is 2.00. The van der Waals surface area contributed by atoms with Gasteiger partial charge in [0.2, 0.25) is 0 Å². The van der Waals surface area contributed by atoms with Crippen LogP contribution in [0, 0.1) is 6.92 Å². The second-order valence-electron chi connectivity index (χ2n) is 5.61. The molecule has 0 aromatic carbocycles. The molecule has 0 aliphatic carbocycles. The van der Waals surface area contributed by atoms with E-state index in [9.17, 15) is 4.79 Å². The normalized spacial score (nSPS) is 17.2. The standard InChI is InChI=1S/C13H21N5OS/c1-9-10(8-15-16-9)11(19)17-4-6-18(7-5-17)13(2,3)12(14)20/h8H,4-7H2,1-3H3,(H2,14,20)(H,15,16). The first-order valence-corrected chi connectivity index (χ1v) is 7.09. The summed E-state index contributed by atoms with van der Waals surface area (Å²) in [7, 11) is 0. The van der Waals surface area contributed by atoms with Gasteiger partial charge in [0.15, 0.2) is 0 Å². The monoisotopic (exact) mass is 295 g/mol. The first-order valence-electron chi connectivity index (χ1n) is 6.68. The van der Waals surface area contributed by atoms with Crippen LogP contribution in [0.2, 0.25) is 0 Å². The summed E-state index contributed by atoms with van der Waals surface area (Å²) in [5.41, 5.74) is 6.93. The minimum absolute atomic E-state index is 0.0315. The van der Waals surface area contributed by atoms with Crippen molar-refractivity contribution in [2.75, 3.05) is 26.2 Å². The Bertz CT molecular complexity index is 517. The van der Waals surface area contributed by atoms with E-state index in [1.54, 1.807) is 6.20 Å². The first-order chi connectivity index (χ1) is 9.34. The average Bonchev–Trinajstić information content (AvgIpc) is 2.84. The third-order valence-corrected chi connectivity index (χ3v) is 4.52. The largest absolute Gasteiger partial charge is 0.392 e. The summed E-state index contributed by atoms with van der Waals surface area (Å²) in [6.45, 7) is 8.79. The fourth-order valence-corrected chi connectivity index (χ4v) is 2.49. The fourth-order valence-electron chi connectivity index (χ4n) is 2.36. The molecule has 1 aliphatic rings. The lowest BCUT2D eigenvalue weighted by Crippen LogP contribution is -2.59. The molecule has 0 bridgehead atoms. The zero-order valence-corrected chi connectivity index (χ0v) is 13.0. The lowest BCUT2D eigenvalue weighted by atomic mass is 10.0. The van der Waals surface area contributed by atoms with Crippen LogP contribution in [0.1, 0.15) is 29.9 Å². The lowest BCUT2D eigenvalue weighted by Gasteiger charge is -2.43. The van der Waals surface area contributed by atoms with Gasteiger partial charge < -0.3 is 10.6 Å². The average molecular weight is 295 g/mol. The number of carbonyl (C=O) groups excluding carboxylic acids is 1. The number of nitrogens with one attached hydrogen (secondary N) is 1. The van der Waals surface area contributed by atoms with Crippen LogP contribution in [-0.4, -0.2) is 62.6 Å². The smallest absolute Gasteiger partial charge is 0.257 e. The van der Waals surface area contributed by atoms with Crippen LogP contribution in [0.15, 0.2) is 6.20 Å². The summed E-state index contributed by atoms with van der Waals surface area (Å²) in [6.07, 6.45) is 1.59. The Labute approximate surface area is 124 Å². The van der Waals surface area contributed by atoms with Gasteiger partial charge in [-0.1, -0.05) is 12.2 Å². The van der Waals surface area contributed by atoms with Crippen molar-refractivity contribution in [2.24, 2.45) is 5.73 Å². The maximum Gasteiger partial charge on any atom is 0.257 e. The van der Waals surface area contributed by atoms with Crippen molar-refractivity contribution in [3.05, 3.63) is 17.5 Å². The van der Waals surface area contributed by atoms with Crippen molar-refractivity contribution in [2.45, 2.75) is 26.3 Å². The molecule has 0 saturated carbocycles. The highest BCUT2D eigenvalue weighted by molar-refractivity contribution is 7.80. The van der Waals surface area contributed by atoms with Crippen molar-refractivity contribution in [1.29, 1.82) is 0 Å². The Morgan fingerprint density at radius 1 is 1.40 bits per heavy atom. The van der Waals surface area contributed by atoms with Gasteiger partial charge in [-0.15, -0.1) is 0 Å². The molecule has 0 spiro atoms. The van der Waals surface area contributed by atoms with E-state index in [-0.39, 0.29) is 11.4 Å². The van der Waals surface area contributed by atoms with E-state index in [0.29, 0.717) is 23.6 Å². The van der Waals surface area contributed by atoms with Gasteiger partial charge in [-0.25, -0.2) is 0 Å². The maximum atomic E-state index is 12.4. The second-order valence-corrected chi connectivity index (χ2v) is 6.05. The summed E-state index contributed by atoms with van der Waals surface area (Å²) in [4.78, 5) is 16.9. The van der Waals surface area contributed by atoms with Gasteiger partial charge in [-0.3, -0.25) is 14.8 Å². The molecule has 20 heavy (non-hydrogen) atoms. The molecular formula is C13H21N5OS. The number of amides is 1. The molecule has 110 valence electrons. The Kier molecular flexibility index (Phi) is 4.10. The number of thiocarbonyl (C=S) groups is 1. The lowest BCUT2D eigenvalue weighted by molar-refractivity contribution is 0.0539. The van der Waals surface area contributed by atoms with Gasteiger partial charge in [-0.05, 0) is 20.8 Å². The SMILES string of the molecule is Cc1[nH]ncc1C(=O)N1CCN(C(C)(C)C(N)=S)CC1. The van der Waals surface area contributed by atoms with Crippen molar-refractivity contribution in [3.8, 4) is 0 Å². The first kappa shape index (κ1) is 14.9. The summed E-state index contributed by atoms with van der Waals surface area (Å²) in [5.74, 6) is 0.0315. The van der Waals surface area contributed by atoms with Crippen LogP contribution in [-0.2, 0) is 0 Å². The Morgan fingerprint density at radius 3 is 2.45 bits per heavy atom. The number of carbonyl (C=O) groups is 1. The molecule has 0 radical (unpaired) electrons. The van der Waals surface area contributed by atoms with E-state index >= 15 is 0 Å². The third kappa shape index (κ3) is 2.69. The number of rotatable bonds is 3. The van der Waals surface area contributed by atoms with Crippen molar-refractivity contribution < 1.29 is 4.79 Å². The molecule has 2 heterocycles. The van der Waals surface area contributed by atoms with Crippen LogP contribution in [0.25, 0.3) is 0 Å². The molecular weight excluding hydrogens is 274 g/mol. The van der Waals surface area contributed by atoms with Gasteiger partial charge >= 0.3 is 0 Å². The number of nitrogens with zero attached hydrogens (tertiary/aromatic N) is 3. The second kappa shape index (κ2) is 5.49. The van der Waals surface area contributed by atoms with Gasteiger partial charge in [0.25, 0.3) is 5.91 Å². The third-order valence-electron chi connectivity index (χ3n) is 4.02. The van der Waals surface area contributed by atoms with E-state index in [4.69, 9.17) is 18.0 Å². The number of H-pyrrole nitrogens is 1. The van der Waals surface area contributed by atoms with Gasteiger partial charge in [0.05, 0.1) is 22.3 Å². The minimum atomic E-state index is -0.309. The number of piperazine rings is 1. The summed E-state index contributed by atoms with van der Waals surface area (Å²) < 4.78 is 0.